The predicted octanol–water partition coefficient (Wildman–Crippen LogP) is 6.32. The number of unbranched alkanes of at least 4 members (excludes halogenated alkanes) is 12. The monoisotopic (exact) mass is 363 g/mol. The van der Waals surface area contributed by atoms with Crippen LogP contribution in [0.1, 0.15) is 96.1 Å². The smallest absolute Gasteiger partial charge is 0.228 e. The van der Waals surface area contributed by atoms with Crippen LogP contribution in [0.4, 0.5) is 5.95 Å². The van der Waals surface area contributed by atoms with Gasteiger partial charge in [-0.2, -0.15) is 4.98 Å². The van der Waals surface area contributed by atoms with Crippen molar-refractivity contribution in [2.75, 3.05) is 25.6 Å². The maximum atomic E-state index is 5.80. The molecule has 0 amide bonds. The van der Waals surface area contributed by atoms with Gasteiger partial charge < -0.3 is 9.64 Å². The fourth-order valence-electron chi connectivity index (χ4n) is 3.10. The minimum atomic E-state index is 0.695. The Morgan fingerprint density at radius 1 is 0.769 bits per heavy atom. The van der Waals surface area contributed by atoms with Crippen LogP contribution in [0.25, 0.3) is 0 Å². The van der Waals surface area contributed by atoms with Crippen LogP contribution >= 0.6 is 0 Å². The van der Waals surface area contributed by atoms with Crippen LogP contribution in [0.5, 0.6) is 5.88 Å². The Morgan fingerprint density at radius 2 is 1.27 bits per heavy atom. The van der Waals surface area contributed by atoms with Gasteiger partial charge in [0.2, 0.25) is 11.8 Å². The second-order valence-corrected chi connectivity index (χ2v) is 7.63. The average molecular weight is 364 g/mol. The first-order valence-corrected chi connectivity index (χ1v) is 10.8. The molecule has 0 aliphatic heterocycles. The van der Waals surface area contributed by atoms with E-state index in [1.165, 1.54) is 77.0 Å². The van der Waals surface area contributed by atoms with Gasteiger partial charge in [-0.15, -0.1) is 0 Å². The van der Waals surface area contributed by atoms with Crippen molar-refractivity contribution in [3.63, 3.8) is 0 Å². The van der Waals surface area contributed by atoms with Crippen molar-refractivity contribution in [2.45, 2.75) is 97.3 Å². The van der Waals surface area contributed by atoms with Gasteiger partial charge in [0.1, 0.15) is 0 Å². The van der Waals surface area contributed by atoms with Crippen molar-refractivity contribution in [3.05, 3.63) is 11.8 Å². The lowest BCUT2D eigenvalue weighted by atomic mass is 10.0. The van der Waals surface area contributed by atoms with Crippen LogP contribution in [0, 0.1) is 6.92 Å². The van der Waals surface area contributed by atoms with E-state index in [4.69, 9.17) is 4.74 Å². The molecule has 0 spiro atoms. The topological polar surface area (TPSA) is 38.2 Å². The number of aryl methyl sites for hydroxylation is 1. The summed E-state index contributed by atoms with van der Waals surface area (Å²) in [7, 11) is 3.90. The van der Waals surface area contributed by atoms with Crippen LogP contribution in [-0.2, 0) is 0 Å². The van der Waals surface area contributed by atoms with E-state index < -0.39 is 0 Å². The first kappa shape index (κ1) is 22.7. The van der Waals surface area contributed by atoms with Gasteiger partial charge >= 0.3 is 0 Å². The van der Waals surface area contributed by atoms with Gasteiger partial charge in [-0.1, -0.05) is 84.0 Å². The minimum Gasteiger partial charge on any atom is -0.478 e. The highest BCUT2D eigenvalue weighted by Crippen LogP contribution is 2.15. The summed E-state index contributed by atoms with van der Waals surface area (Å²) in [6, 6.07) is 1.91. The Bertz CT molecular complexity index is 463. The van der Waals surface area contributed by atoms with E-state index in [1.807, 2.05) is 32.0 Å². The van der Waals surface area contributed by atoms with Gasteiger partial charge in [-0.25, -0.2) is 4.98 Å². The summed E-state index contributed by atoms with van der Waals surface area (Å²) in [4.78, 5) is 10.7. The molecule has 150 valence electrons. The number of anilines is 1. The van der Waals surface area contributed by atoms with Gasteiger partial charge in [0, 0.05) is 25.9 Å². The molecule has 0 atom stereocenters. The van der Waals surface area contributed by atoms with Gasteiger partial charge in [-0.05, 0) is 13.3 Å². The fraction of sp³-hybridized carbons (Fsp3) is 0.818. The maximum absolute atomic E-state index is 5.80. The SMILES string of the molecule is CCCCCCCCCCCCCCCOc1cc(C)nc(N(C)C)n1. The van der Waals surface area contributed by atoms with Gasteiger partial charge in [0.05, 0.1) is 6.61 Å². The highest BCUT2D eigenvalue weighted by atomic mass is 16.5. The van der Waals surface area contributed by atoms with Gasteiger partial charge in [0.15, 0.2) is 0 Å². The van der Waals surface area contributed by atoms with E-state index >= 15 is 0 Å². The fourth-order valence-corrected chi connectivity index (χ4v) is 3.10. The first-order valence-electron chi connectivity index (χ1n) is 10.8. The summed E-state index contributed by atoms with van der Waals surface area (Å²) in [5.74, 6) is 1.41. The van der Waals surface area contributed by atoms with E-state index in [0.29, 0.717) is 11.8 Å². The molecule has 1 aromatic rings. The third kappa shape index (κ3) is 11.3. The largest absolute Gasteiger partial charge is 0.478 e. The zero-order valence-electron chi connectivity index (χ0n) is 17.7. The van der Waals surface area contributed by atoms with Gasteiger partial charge in [-0.3, -0.25) is 0 Å². The standard InChI is InChI=1S/C22H41N3O/c1-5-6-7-8-9-10-11-12-13-14-15-16-17-18-26-21-19-20(2)23-22(24-21)25(3)4/h19H,5-18H2,1-4H3. The number of hydrogen-bond donors (Lipinski definition) is 0. The zero-order valence-corrected chi connectivity index (χ0v) is 17.7. The minimum absolute atomic E-state index is 0.695. The van der Waals surface area contributed by atoms with Crippen LogP contribution in [0.2, 0.25) is 0 Å². The molecular weight excluding hydrogens is 322 g/mol. The van der Waals surface area contributed by atoms with Crippen molar-refractivity contribution in [3.8, 4) is 5.88 Å². The normalized spacial score (nSPS) is 10.9. The molecule has 26 heavy (non-hydrogen) atoms. The van der Waals surface area contributed by atoms with E-state index in [2.05, 4.69) is 16.9 Å². The molecule has 0 N–H and O–H groups in total. The summed E-state index contributed by atoms with van der Waals surface area (Å²) in [6.45, 7) is 5.01. The number of hydrogen-bond acceptors (Lipinski definition) is 4. The van der Waals surface area contributed by atoms with Crippen molar-refractivity contribution < 1.29 is 4.74 Å². The molecule has 0 aliphatic carbocycles. The highest BCUT2D eigenvalue weighted by Gasteiger charge is 2.04. The summed E-state index contributed by atoms with van der Waals surface area (Å²) in [5.41, 5.74) is 0.948. The van der Waals surface area contributed by atoms with E-state index in [-0.39, 0.29) is 0 Å². The van der Waals surface area contributed by atoms with Crippen LogP contribution in [-0.4, -0.2) is 30.7 Å². The molecular formula is C22H41N3O. The molecule has 0 unspecified atom stereocenters. The molecule has 0 aromatic carbocycles. The van der Waals surface area contributed by atoms with E-state index in [1.54, 1.807) is 0 Å². The second kappa shape index (κ2) is 14.8. The summed E-state index contributed by atoms with van der Waals surface area (Å²) in [5, 5.41) is 0. The molecule has 4 nitrogen and oxygen atoms in total. The third-order valence-corrected chi connectivity index (χ3v) is 4.72. The molecule has 0 fully saturated rings. The van der Waals surface area contributed by atoms with Crippen LogP contribution in [0.15, 0.2) is 6.07 Å². The molecule has 0 saturated heterocycles. The van der Waals surface area contributed by atoms with Crippen LogP contribution in [0.3, 0.4) is 0 Å². The molecule has 0 bridgehead atoms. The first-order chi connectivity index (χ1) is 12.6. The maximum Gasteiger partial charge on any atom is 0.228 e. The molecule has 1 heterocycles. The number of aromatic nitrogens is 2. The lowest BCUT2D eigenvalue weighted by Crippen LogP contribution is -2.14. The summed E-state index contributed by atoms with van der Waals surface area (Å²) in [6.07, 6.45) is 17.8. The van der Waals surface area contributed by atoms with Crippen molar-refractivity contribution in [1.29, 1.82) is 0 Å². The Hall–Kier alpha value is -1.32. The summed E-state index contributed by atoms with van der Waals surface area (Å²) >= 11 is 0. The number of nitrogens with zero attached hydrogens (tertiary/aromatic N) is 3. The van der Waals surface area contributed by atoms with E-state index in [9.17, 15) is 0 Å². The second-order valence-electron chi connectivity index (χ2n) is 7.63. The van der Waals surface area contributed by atoms with Crippen LogP contribution < -0.4 is 9.64 Å². The molecule has 0 saturated carbocycles. The Kier molecular flexibility index (Phi) is 12.9. The Labute approximate surface area is 161 Å². The lowest BCUT2D eigenvalue weighted by molar-refractivity contribution is 0.292. The zero-order chi connectivity index (χ0) is 19.0. The van der Waals surface area contributed by atoms with Crippen molar-refractivity contribution in [1.82, 2.24) is 9.97 Å². The van der Waals surface area contributed by atoms with Crippen molar-refractivity contribution >= 4 is 5.95 Å². The quantitative estimate of drug-likeness (QED) is 0.322. The molecule has 0 radical (unpaired) electrons. The number of rotatable bonds is 16. The van der Waals surface area contributed by atoms with Crippen molar-refractivity contribution in [2.24, 2.45) is 0 Å². The average Bonchev–Trinajstić information content (AvgIpc) is 2.61. The van der Waals surface area contributed by atoms with E-state index in [0.717, 1.165) is 18.7 Å². The number of ether oxygens (including phenoxy) is 1. The third-order valence-electron chi connectivity index (χ3n) is 4.72. The Morgan fingerprint density at radius 3 is 1.77 bits per heavy atom. The molecule has 1 aromatic heterocycles. The molecule has 4 heteroatoms. The molecule has 1 rings (SSSR count). The van der Waals surface area contributed by atoms with Gasteiger partial charge in [0.25, 0.3) is 0 Å². The Balaban J connectivity index is 1.94. The highest BCUT2D eigenvalue weighted by molar-refractivity contribution is 5.32. The lowest BCUT2D eigenvalue weighted by Gasteiger charge is -2.12. The predicted molar refractivity (Wildman–Crippen MR) is 112 cm³/mol. The molecule has 0 aliphatic rings. The summed E-state index contributed by atoms with van der Waals surface area (Å²) < 4.78 is 5.80.